The summed E-state index contributed by atoms with van der Waals surface area (Å²) in [7, 11) is 0. The Kier molecular flexibility index (Phi) is 4.58. The van der Waals surface area contributed by atoms with Crippen LogP contribution in [0.1, 0.15) is 30.1 Å². The van der Waals surface area contributed by atoms with E-state index in [1.54, 1.807) is 12.1 Å². The highest BCUT2D eigenvalue weighted by Crippen LogP contribution is 2.13. The molecule has 3 nitrogen and oxygen atoms in total. The zero-order chi connectivity index (χ0) is 12.0. The van der Waals surface area contributed by atoms with Gasteiger partial charge in [-0.3, -0.25) is 4.79 Å². The maximum atomic E-state index is 11.0. The maximum Gasteiger partial charge on any atom is 0.248 e. The molecule has 1 unspecified atom stereocenters. The number of hydrogen-bond donors (Lipinski definition) is 2. The first kappa shape index (κ1) is 12.3. The third-order valence-electron chi connectivity index (χ3n) is 2.36. The summed E-state index contributed by atoms with van der Waals surface area (Å²) < 4.78 is 0. The van der Waals surface area contributed by atoms with Crippen molar-refractivity contribution in [3.63, 3.8) is 0 Å². The average molecular weight is 218 g/mol. The van der Waals surface area contributed by atoms with Crippen LogP contribution in [0.2, 0.25) is 0 Å². The summed E-state index contributed by atoms with van der Waals surface area (Å²) in [6.07, 6.45) is 3.89. The van der Waals surface area contributed by atoms with Crippen molar-refractivity contribution in [2.45, 2.75) is 25.8 Å². The van der Waals surface area contributed by atoms with Gasteiger partial charge in [-0.1, -0.05) is 12.1 Å². The van der Waals surface area contributed by atoms with Gasteiger partial charge < -0.3 is 11.1 Å². The van der Waals surface area contributed by atoms with Gasteiger partial charge in [0.2, 0.25) is 5.91 Å². The molecule has 0 radical (unpaired) electrons. The summed E-state index contributed by atoms with van der Waals surface area (Å²) in [5, 5.41) is 3.32. The lowest BCUT2D eigenvalue weighted by molar-refractivity contribution is 0.100. The molecule has 0 aliphatic rings. The molecular formula is C13H18N2O. The SMILES string of the molecule is C=CCCC(C)Nc1cccc(C(N)=O)c1. The molecule has 1 amide bonds. The third-order valence-corrected chi connectivity index (χ3v) is 2.36. The molecule has 0 bridgehead atoms. The molecule has 0 fully saturated rings. The van der Waals surface area contributed by atoms with E-state index in [2.05, 4.69) is 18.8 Å². The van der Waals surface area contributed by atoms with E-state index in [1.807, 2.05) is 18.2 Å². The molecule has 0 aliphatic heterocycles. The van der Waals surface area contributed by atoms with Crippen LogP contribution < -0.4 is 11.1 Å². The Morgan fingerprint density at radius 2 is 2.38 bits per heavy atom. The fourth-order valence-electron chi connectivity index (χ4n) is 1.49. The standard InChI is InChI=1S/C13H18N2O/c1-3-4-6-10(2)15-12-8-5-7-11(9-12)13(14)16/h3,5,7-10,15H,1,4,6H2,2H3,(H2,14,16). The summed E-state index contributed by atoms with van der Waals surface area (Å²) in [5.41, 5.74) is 6.67. The Hall–Kier alpha value is -1.77. The average Bonchev–Trinajstić information content (AvgIpc) is 2.26. The van der Waals surface area contributed by atoms with E-state index in [4.69, 9.17) is 5.73 Å². The van der Waals surface area contributed by atoms with Crippen LogP contribution in [0.25, 0.3) is 0 Å². The highest BCUT2D eigenvalue weighted by Gasteiger charge is 2.03. The van der Waals surface area contributed by atoms with Crippen LogP contribution >= 0.6 is 0 Å². The summed E-state index contributed by atoms with van der Waals surface area (Å²) in [6.45, 7) is 5.79. The van der Waals surface area contributed by atoms with Crippen LogP contribution in [0.5, 0.6) is 0 Å². The molecule has 86 valence electrons. The minimum Gasteiger partial charge on any atom is -0.383 e. The number of carbonyl (C=O) groups is 1. The molecule has 0 saturated carbocycles. The largest absolute Gasteiger partial charge is 0.383 e. The highest BCUT2D eigenvalue weighted by molar-refractivity contribution is 5.93. The van der Waals surface area contributed by atoms with E-state index in [-0.39, 0.29) is 0 Å². The van der Waals surface area contributed by atoms with E-state index in [1.165, 1.54) is 0 Å². The molecule has 0 aromatic heterocycles. The van der Waals surface area contributed by atoms with Gasteiger partial charge in [0.05, 0.1) is 0 Å². The molecule has 0 aliphatic carbocycles. The van der Waals surface area contributed by atoms with Gasteiger partial charge in [0.1, 0.15) is 0 Å². The molecule has 1 aromatic carbocycles. The zero-order valence-corrected chi connectivity index (χ0v) is 9.57. The summed E-state index contributed by atoms with van der Waals surface area (Å²) in [5.74, 6) is -0.401. The minimum atomic E-state index is -0.401. The van der Waals surface area contributed by atoms with Crippen molar-refractivity contribution in [3.05, 3.63) is 42.5 Å². The lowest BCUT2D eigenvalue weighted by Gasteiger charge is -2.14. The first-order chi connectivity index (χ1) is 7.63. The highest BCUT2D eigenvalue weighted by atomic mass is 16.1. The zero-order valence-electron chi connectivity index (χ0n) is 9.57. The van der Waals surface area contributed by atoms with Crippen LogP contribution in [-0.4, -0.2) is 11.9 Å². The number of anilines is 1. The van der Waals surface area contributed by atoms with Crippen LogP contribution in [-0.2, 0) is 0 Å². The van der Waals surface area contributed by atoms with E-state index in [0.29, 0.717) is 11.6 Å². The quantitative estimate of drug-likeness (QED) is 0.721. The number of allylic oxidation sites excluding steroid dienone is 1. The number of nitrogens with two attached hydrogens (primary N) is 1. The molecule has 0 heterocycles. The summed E-state index contributed by atoms with van der Waals surface area (Å²) in [6, 6.07) is 7.58. The molecule has 1 rings (SSSR count). The van der Waals surface area contributed by atoms with Crippen molar-refractivity contribution in [1.29, 1.82) is 0 Å². The van der Waals surface area contributed by atoms with Gasteiger partial charge in [0, 0.05) is 17.3 Å². The molecular weight excluding hydrogens is 200 g/mol. The first-order valence-electron chi connectivity index (χ1n) is 5.40. The Bertz CT molecular complexity index is 374. The van der Waals surface area contributed by atoms with Gasteiger partial charge in [-0.05, 0) is 38.0 Å². The van der Waals surface area contributed by atoms with E-state index in [0.717, 1.165) is 18.5 Å². The van der Waals surface area contributed by atoms with Crippen molar-refractivity contribution >= 4 is 11.6 Å². The second kappa shape index (κ2) is 5.95. The minimum absolute atomic E-state index is 0.348. The van der Waals surface area contributed by atoms with E-state index < -0.39 is 5.91 Å². The Labute approximate surface area is 96.3 Å². The van der Waals surface area contributed by atoms with Crippen molar-refractivity contribution in [2.24, 2.45) is 5.73 Å². The first-order valence-corrected chi connectivity index (χ1v) is 5.40. The normalized spacial score (nSPS) is 11.8. The van der Waals surface area contributed by atoms with Crippen LogP contribution in [0.15, 0.2) is 36.9 Å². The number of rotatable bonds is 6. The second-order valence-electron chi connectivity index (χ2n) is 3.86. The molecule has 0 saturated heterocycles. The van der Waals surface area contributed by atoms with Gasteiger partial charge in [0.25, 0.3) is 0 Å². The van der Waals surface area contributed by atoms with Crippen molar-refractivity contribution in [3.8, 4) is 0 Å². The number of carbonyl (C=O) groups excluding carboxylic acids is 1. The molecule has 1 aromatic rings. The van der Waals surface area contributed by atoms with Crippen molar-refractivity contribution in [1.82, 2.24) is 0 Å². The molecule has 3 heteroatoms. The number of primary amides is 1. The van der Waals surface area contributed by atoms with Crippen LogP contribution in [0.3, 0.4) is 0 Å². The number of benzene rings is 1. The Balaban J connectivity index is 2.62. The Morgan fingerprint density at radius 3 is 3.00 bits per heavy atom. The molecule has 1 atom stereocenters. The Morgan fingerprint density at radius 1 is 1.62 bits per heavy atom. The fraction of sp³-hybridized carbons (Fsp3) is 0.308. The van der Waals surface area contributed by atoms with E-state index >= 15 is 0 Å². The summed E-state index contributed by atoms with van der Waals surface area (Å²) >= 11 is 0. The maximum absolute atomic E-state index is 11.0. The predicted molar refractivity (Wildman–Crippen MR) is 67.5 cm³/mol. The third kappa shape index (κ3) is 3.77. The molecule has 16 heavy (non-hydrogen) atoms. The predicted octanol–water partition coefficient (Wildman–Crippen LogP) is 2.55. The van der Waals surface area contributed by atoms with E-state index in [9.17, 15) is 4.79 Å². The van der Waals surface area contributed by atoms with Gasteiger partial charge in [-0.2, -0.15) is 0 Å². The lowest BCUT2D eigenvalue weighted by atomic mass is 10.1. The van der Waals surface area contributed by atoms with Crippen LogP contribution in [0.4, 0.5) is 5.69 Å². The number of hydrogen-bond acceptors (Lipinski definition) is 2. The molecule has 3 N–H and O–H groups in total. The number of nitrogens with one attached hydrogen (secondary N) is 1. The topological polar surface area (TPSA) is 55.1 Å². The monoisotopic (exact) mass is 218 g/mol. The lowest BCUT2D eigenvalue weighted by Crippen LogP contribution is -2.16. The fourth-order valence-corrected chi connectivity index (χ4v) is 1.49. The van der Waals surface area contributed by atoms with Gasteiger partial charge in [-0.15, -0.1) is 6.58 Å². The summed E-state index contributed by atoms with van der Waals surface area (Å²) in [4.78, 5) is 11.0. The van der Waals surface area contributed by atoms with Crippen LogP contribution in [0, 0.1) is 0 Å². The smallest absolute Gasteiger partial charge is 0.248 e. The van der Waals surface area contributed by atoms with Gasteiger partial charge >= 0.3 is 0 Å². The second-order valence-corrected chi connectivity index (χ2v) is 3.86. The molecule has 0 spiro atoms. The van der Waals surface area contributed by atoms with Gasteiger partial charge in [0.15, 0.2) is 0 Å². The van der Waals surface area contributed by atoms with Crippen molar-refractivity contribution < 1.29 is 4.79 Å². The number of amides is 1. The van der Waals surface area contributed by atoms with Gasteiger partial charge in [-0.25, -0.2) is 0 Å². The van der Waals surface area contributed by atoms with Crippen molar-refractivity contribution in [2.75, 3.05) is 5.32 Å².